The Kier molecular flexibility index (Phi) is 4.59. The number of nitrogens with zero attached hydrogens (tertiary/aromatic N) is 1. The molecule has 19 heavy (non-hydrogen) atoms. The third-order valence-electron chi connectivity index (χ3n) is 4.37. The number of likely N-dealkylation sites (tertiary alicyclic amines) is 1. The summed E-state index contributed by atoms with van der Waals surface area (Å²) in [5.74, 6) is -0.410. The third kappa shape index (κ3) is 3.16. The molecule has 1 atom stereocenters. The fourth-order valence-corrected chi connectivity index (χ4v) is 2.96. The van der Waals surface area contributed by atoms with Gasteiger partial charge in [-0.25, -0.2) is 4.79 Å². The quantitative estimate of drug-likeness (QED) is 0.903. The highest BCUT2D eigenvalue weighted by Gasteiger charge is 2.25. The van der Waals surface area contributed by atoms with Crippen molar-refractivity contribution in [3.05, 3.63) is 35.4 Å². The topological polar surface area (TPSA) is 40.5 Å². The minimum atomic E-state index is -0.806. The summed E-state index contributed by atoms with van der Waals surface area (Å²) in [6, 6.07) is 8.09. The van der Waals surface area contributed by atoms with Gasteiger partial charge in [-0.3, -0.25) is 0 Å². The van der Waals surface area contributed by atoms with E-state index >= 15 is 0 Å². The molecule has 1 N–H and O–H groups in total. The largest absolute Gasteiger partial charge is 0.478 e. The number of carbonyl (C=O) groups is 1. The molecule has 2 rings (SSSR count). The Balaban J connectivity index is 2.08. The first-order chi connectivity index (χ1) is 9.13. The van der Waals surface area contributed by atoms with Crippen LogP contribution in [-0.4, -0.2) is 35.1 Å². The zero-order chi connectivity index (χ0) is 13.8. The summed E-state index contributed by atoms with van der Waals surface area (Å²) in [5, 5.41) is 9.26. The lowest BCUT2D eigenvalue weighted by molar-refractivity contribution is 0.0693. The molecule has 1 fully saturated rings. The summed E-state index contributed by atoms with van der Waals surface area (Å²) >= 11 is 0. The highest BCUT2D eigenvalue weighted by atomic mass is 16.4. The van der Waals surface area contributed by atoms with Gasteiger partial charge in [0.05, 0.1) is 5.56 Å². The zero-order valence-corrected chi connectivity index (χ0v) is 11.8. The van der Waals surface area contributed by atoms with Crippen LogP contribution >= 0.6 is 0 Å². The SMILES string of the molecule is CCC(C)N1CCC(c2ccccc2C(=O)O)CC1. The van der Waals surface area contributed by atoms with Crippen molar-refractivity contribution in [2.24, 2.45) is 0 Å². The molecule has 0 aliphatic carbocycles. The van der Waals surface area contributed by atoms with E-state index in [4.69, 9.17) is 0 Å². The molecule has 1 aliphatic rings. The lowest BCUT2D eigenvalue weighted by atomic mass is 9.86. The van der Waals surface area contributed by atoms with E-state index in [9.17, 15) is 9.90 Å². The molecule has 0 saturated carbocycles. The van der Waals surface area contributed by atoms with Crippen molar-refractivity contribution in [2.45, 2.75) is 45.1 Å². The molecule has 0 radical (unpaired) electrons. The number of rotatable bonds is 4. The van der Waals surface area contributed by atoms with Crippen LogP contribution in [0.15, 0.2) is 24.3 Å². The number of carboxylic acid groups (broad SMARTS) is 1. The van der Waals surface area contributed by atoms with Crippen molar-refractivity contribution in [1.29, 1.82) is 0 Å². The van der Waals surface area contributed by atoms with E-state index in [-0.39, 0.29) is 0 Å². The molecule has 0 bridgehead atoms. The average Bonchev–Trinajstić information content (AvgIpc) is 2.46. The Morgan fingerprint density at radius 2 is 2.00 bits per heavy atom. The molecule has 3 nitrogen and oxygen atoms in total. The van der Waals surface area contributed by atoms with Crippen LogP contribution in [0.3, 0.4) is 0 Å². The maximum Gasteiger partial charge on any atom is 0.335 e. The van der Waals surface area contributed by atoms with Crippen LogP contribution in [0.5, 0.6) is 0 Å². The predicted octanol–water partition coefficient (Wildman–Crippen LogP) is 3.36. The number of piperidine rings is 1. The van der Waals surface area contributed by atoms with E-state index in [1.54, 1.807) is 12.1 Å². The Morgan fingerprint density at radius 3 is 2.58 bits per heavy atom. The summed E-state index contributed by atoms with van der Waals surface area (Å²) in [4.78, 5) is 13.8. The van der Waals surface area contributed by atoms with Crippen LogP contribution in [0.2, 0.25) is 0 Å². The number of benzene rings is 1. The fraction of sp³-hybridized carbons (Fsp3) is 0.562. The maximum absolute atomic E-state index is 11.3. The minimum absolute atomic E-state index is 0.396. The summed E-state index contributed by atoms with van der Waals surface area (Å²) < 4.78 is 0. The van der Waals surface area contributed by atoms with Gasteiger partial charge in [-0.2, -0.15) is 0 Å². The first kappa shape index (κ1) is 14.1. The first-order valence-corrected chi connectivity index (χ1v) is 7.19. The number of aromatic carboxylic acids is 1. The molecule has 0 aromatic heterocycles. The van der Waals surface area contributed by atoms with Gasteiger partial charge in [-0.15, -0.1) is 0 Å². The van der Waals surface area contributed by atoms with Gasteiger partial charge in [-0.1, -0.05) is 25.1 Å². The molecule has 1 aromatic carbocycles. The summed E-state index contributed by atoms with van der Waals surface area (Å²) in [5.41, 5.74) is 1.49. The van der Waals surface area contributed by atoms with Crippen molar-refractivity contribution in [3.63, 3.8) is 0 Å². The van der Waals surface area contributed by atoms with Crippen molar-refractivity contribution in [2.75, 3.05) is 13.1 Å². The molecule has 1 saturated heterocycles. The smallest absolute Gasteiger partial charge is 0.335 e. The zero-order valence-electron chi connectivity index (χ0n) is 11.8. The lowest BCUT2D eigenvalue weighted by Gasteiger charge is -2.36. The summed E-state index contributed by atoms with van der Waals surface area (Å²) in [6.07, 6.45) is 3.31. The van der Waals surface area contributed by atoms with Gasteiger partial charge >= 0.3 is 5.97 Å². The molecule has 1 aliphatic heterocycles. The van der Waals surface area contributed by atoms with Crippen LogP contribution in [0.1, 0.15) is 54.9 Å². The molecule has 104 valence electrons. The molecule has 0 amide bonds. The van der Waals surface area contributed by atoms with Gasteiger partial charge in [0, 0.05) is 6.04 Å². The monoisotopic (exact) mass is 261 g/mol. The van der Waals surface area contributed by atoms with Crippen LogP contribution in [-0.2, 0) is 0 Å². The summed E-state index contributed by atoms with van der Waals surface area (Å²) in [6.45, 7) is 6.64. The number of carboxylic acids is 1. The maximum atomic E-state index is 11.3. The normalized spacial score (nSPS) is 19.3. The van der Waals surface area contributed by atoms with E-state index in [0.717, 1.165) is 31.5 Å². The van der Waals surface area contributed by atoms with E-state index in [0.29, 0.717) is 17.5 Å². The van der Waals surface area contributed by atoms with Gasteiger partial charge in [0.2, 0.25) is 0 Å². The molecule has 0 spiro atoms. The second-order valence-electron chi connectivity index (χ2n) is 5.46. The Bertz CT molecular complexity index is 436. The highest BCUT2D eigenvalue weighted by molar-refractivity contribution is 5.89. The van der Waals surface area contributed by atoms with E-state index < -0.39 is 5.97 Å². The minimum Gasteiger partial charge on any atom is -0.478 e. The van der Waals surface area contributed by atoms with Gasteiger partial charge < -0.3 is 10.0 Å². The molecule has 1 heterocycles. The highest BCUT2D eigenvalue weighted by Crippen LogP contribution is 2.31. The first-order valence-electron chi connectivity index (χ1n) is 7.19. The van der Waals surface area contributed by atoms with E-state index in [1.165, 1.54) is 6.42 Å². The van der Waals surface area contributed by atoms with Crippen LogP contribution < -0.4 is 0 Å². The summed E-state index contributed by atoms with van der Waals surface area (Å²) in [7, 11) is 0. The van der Waals surface area contributed by atoms with E-state index in [1.807, 2.05) is 12.1 Å². The van der Waals surface area contributed by atoms with E-state index in [2.05, 4.69) is 18.7 Å². The van der Waals surface area contributed by atoms with Crippen LogP contribution in [0.4, 0.5) is 0 Å². The van der Waals surface area contributed by atoms with Crippen molar-refractivity contribution in [3.8, 4) is 0 Å². The van der Waals surface area contributed by atoms with Crippen molar-refractivity contribution < 1.29 is 9.90 Å². The Labute approximate surface area is 115 Å². The van der Waals surface area contributed by atoms with Gasteiger partial charge in [0.15, 0.2) is 0 Å². The number of hydrogen-bond acceptors (Lipinski definition) is 2. The molecule has 1 unspecified atom stereocenters. The Hall–Kier alpha value is -1.35. The van der Waals surface area contributed by atoms with Crippen molar-refractivity contribution in [1.82, 2.24) is 4.90 Å². The molecule has 1 aromatic rings. The van der Waals surface area contributed by atoms with Crippen molar-refractivity contribution >= 4 is 5.97 Å². The van der Waals surface area contributed by atoms with Crippen LogP contribution in [0, 0.1) is 0 Å². The van der Waals surface area contributed by atoms with Gasteiger partial charge in [-0.05, 0) is 56.8 Å². The fourth-order valence-electron chi connectivity index (χ4n) is 2.96. The number of hydrogen-bond donors (Lipinski definition) is 1. The van der Waals surface area contributed by atoms with Crippen LogP contribution in [0.25, 0.3) is 0 Å². The molecular weight excluding hydrogens is 238 g/mol. The predicted molar refractivity (Wildman–Crippen MR) is 76.7 cm³/mol. The Morgan fingerprint density at radius 1 is 1.37 bits per heavy atom. The third-order valence-corrected chi connectivity index (χ3v) is 4.37. The molecule has 3 heteroatoms. The second-order valence-corrected chi connectivity index (χ2v) is 5.46. The lowest BCUT2D eigenvalue weighted by Crippen LogP contribution is -2.39. The average molecular weight is 261 g/mol. The molecular formula is C16H23NO2. The van der Waals surface area contributed by atoms with Gasteiger partial charge in [0.1, 0.15) is 0 Å². The standard InChI is InChI=1S/C16H23NO2/c1-3-12(2)17-10-8-13(9-11-17)14-6-4-5-7-15(14)16(18)19/h4-7,12-13H,3,8-11H2,1-2H3,(H,18,19). The second kappa shape index (κ2) is 6.20. The van der Waals surface area contributed by atoms with Gasteiger partial charge in [0.25, 0.3) is 0 Å².